The molecule has 0 aromatic carbocycles. The van der Waals surface area contributed by atoms with Gasteiger partial charge in [-0.1, -0.05) is 6.07 Å². The quantitative estimate of drug-likeness (QED) is 0.694. The Morgan fingerprint density at radius 1 is 1.30 bits per heavy atom. The second-order valence-electron chi connectivity index (χ2n) is 5.87. The van der Waals surface area contributed by atoms with Crippen LogP contribution in [0.5, 0.6) is 0 Å². The minimum Gasteiger partial charge on any atom is -0.396 e. The number of carbonyl (C=O) groups excluding carboxylic acids is 1. The van der Waals surface area contributed by atoms with Crippen molar-refractivity contribution >= 4 is 11.7 Å². The lowest BCUT2D eigenvalue weighted by Crippen LogP contribution is -2.40. The highest BCUT2D eigenvalue weighted by molar-refractivity contribution is 5.93. The average Bonchev–Trinajstić information content (AvgIpc) is 3.04. The zero-order valence-corrected chi connectivity index (χ0v) is 12.8. The molecule has 1 saturated carbocycles. The number of hydrogen-bond donors (Lipinski definition) is 4. The Morgan fingerprint density at radius 3 is 2.83 bits per heavy atom. The predicted octanol–water partition coefficient (Wildman–Crippen LogP) is 2.14. The standard InChI is InChI=1S/C16H21N5O2/c22-10-11-4-6-12(7-5-11)19-16(23)20-14-9-18-21-15(14)13-3-1-2-8-17-13/h1-3,8-9,11-12,22H,4-7,10H2,(H,18,21)(H2,19,20,23). The van der Waals surface area contributed by atoms with Gasteiger partial charge in [-0.15, -0.1) is 0 Å². The first kappa shape index (κ1) is 15.5. The maximum atomic E-state index is 12.2. The lowest BCUT2D eigenvalue weighted by molar-refractivity contribution is 0.176. The van der Waals surface area contributed by atoms with Crippen LogP contribution in [0.15, 0.2) is 30.6 Å². The van der Waals surface area contributed by atoms with Crippen molar-refractivity contribution in [1.82, 2.24) is 20.5 Å². The minimum atomic E-state index is -0.240. The number of nitrogens with zero attached hydrogens (tertiary/aromatic N) is 2. The fraction of sp³-hybridized carbons (Fsp3) is 0.438. The fourth-order valence-corrected chi connectivity index (χ4v) is 2.92. The van der Waals surface area contributed by atoms with Crippen molar-refractivity contribution in [1.29, 1.82) is 0 Å². The first-order valence-electron chi connectivity index (χ1n) is 7.89. The summed E-state index contributed by atoms with van der Waals surface area (Å²) in [6.07, 6.45) is 6.97. The van der Waals surface area contributed by atoms with Crippen LogP contribution in [0, 0.1) is 5.92 Å². The Morgan fingerprint density at radius 2 is 2.13 bits per heavy atom. The number of nitrogens with one attached hydrogen (secondary N) is 3. The van der Waals surface area contributed by atoms with Crippen LogP contribution in [0.2, 0.25) is 0 Å². The van der Waals surface area contributed by atoms with Gasteiger partial charge in [0.05, 0.1) is 17.6 Å². The first-order valence-corrected chi connectivity index (χ1v) is 7.89. The number of urea groups is 1. The molecule has 2 aromatic rings. The number of pyridine rings is 1. The van der Waals surface area contributed by atoms with Crippen molar-refractivity contribution in [2.75, 3.05) is 11.9 Å². The molecule has 0 spiro atoms. The third-order valence-corrected chi connectivity index (χ3v) is 4.25. The van der Waals surface area contributed by atoms with Crippen LogP contribution in [0.25, 0.3) is 11.4 Å². The molecule has 122 valence electrons. The molecule has 7 nitrogen and oxygen atoms in total. The van der Waals surface area contributed by atoms with E-state index in [9.17, 15) is 4.79 Å². The molecule has 1 fully saturated rings. The van der Waals surface area contributed by atoms with Gasteiger partial charge in [-0.2, -0.15) is 5.10 Å². The molecule has 0 bridgehead atoms. The second kappa shape index (κ2) is 7.23. The summed E-state index contributed by atoms with van der Waals surface area (Å²) in [4.78, 5) is 16.4. The Balaban J connectivity index is 1.58. The van der Waals surface area contributed by atoms with Crippen LogP contribution in [0.1, 0.15) is 25.7 Å². The van der Waals surface area contributed by atoms with Crippen LogP contribution < -0.4 is 10.6 Å². The molecule has 23 heavy (non-hydrogen) atoms. The van der Waals surface area contributed by atoms with Crippen LogP contribution in [0.3, 0.4) is 0 Å². The van der Waals surface area contributed by atoms with E-state index in [-0.39, 0.29) is 18.7 Å². The Hall–Kier alpha value is -2.41. The molecule has 1 aliphatic carbocycles. The summed E-state index contributed by atoms with van der Waals surface area (Å²) >= 11 is 0. The molecule has 4 N–H and O–H groups in total. The summed E-state index contributed by atoms with van der Waals surface area (Å²) in [5, 5.41) is 21.8. The molecule has 2 heterocycles. The molecule has 7 heteroatoms. The normalized spacial score (nSPS) is 20.9. The van der Waals surface area contributed by atoms with Crippen molar-refractivity contribution in [3.05, 3.63) is 30.6 Å². The number of aromatic nitrogens is 3. The Labute approximate surface area is 134 Å². The van der Waals surface area contributed by atoms with Gasteiger partial charge >= 0.3 is 6.03 Å². The molecular weight excluding hydrogens is 294 g/mol. The highest BCUT2D eigenvalue weighted by atomic mass is 16.3. The first-order chi connectivity index (χ1) is 11.3. The summed E-state index contributed by atoms with van der Waals surface area (Å²) in [6, 6.07) is 5.49. The zero-order valence-electron chi connectivity index (χ0n) is 12.8. The summed E-state index contributed by atoms with van der Waals surface area (Å²) in [5.41, 5.74) is 2.01. The summed E-state index contributed by atoms with van der Waals surface area (Å²) in [6.45, 7) is 0.237. The third kappa shape index (κ3) is 3.87. The third-order valence-electron chi connectivity index (χ3n) is 4.25. The maximum Gasteiger partial charge on any atom is 0.319 e. The Bertz CT molecular complexity index is 635. The largest absolute Gasteiger partial charge is 0.396 e. The monoisotopic (exact) mass is 315 g/mol. The minimum absolute atomic E-state index is 0.156. The van der Waals surface area contributed by atoms with Gasteiger partial charge in [0.1, 0.15) is 5.69 Å². The predicted molar refractivity (Wildman–Crippen MR) is 86.8 cm³/mol. The lowest BCUT2D eigenvalue weighted by Gasteiger charge is -2.27. The van der Waals surface area contributed by atoms with Crippen molar-refractivity contribution < 1.29 is 9.90 Å². The van der Waals surface area contributed by atoms with E-state index < -0.39 is 0 Å². The van der Waals surface area contributed by atoms with Gasteiger partial charge < -0.3 is 15.7 Å². The molecule has 2 amide bonds. The van der Waals surface area contributed by atoms with Gasteiger partial charge in [-0.25, -0.2) is 4.79 Å². The van der Waals surface area contributed by atoms with Gasteiger partial charge in [0.2, 0.25) is 0 Å². The molecule has 3 rings (SSSR count). The number of aliphatic hydroxyl groups is 1. The summed E-state index contributed by atoms with van der Waals surface area (Å²) in [7, 11) is 0. The Kier molecular flexibility index (Phi) is 4.87. The average molecular weight is 315 g/mol. The highest BCUT2D eigenvalue weighted by Gasteiger charge is 2.22. The number of H-pyrrole nitrogens is 1. The van der Waals surface area contributed by atoms with Crippen molar-refractivity contribution in [3.8, 4) is 11.4 Å². The number of amides is 2. The van der Waals surface area contributed by atoms with Gasteiger partial charge in [-0.3, -0.25) is 10.1 Å². The topological polar surface area (TPSA) is 103 Å². The van der Waals surface area contributed by atoms with Gasteiger partial charge in [-0.05, 0) is 43.7 Å². The highest BCUT2D eigenvalue weighted by Crippen LogP contribution is 2.25. The number of anilines is 1. The van der Waals surface area contributed by atoms with Crippen LogP contribution in [-0.2, 0) is 0 Å². The maximum absolute atomic E-state index is 12.2. The number of rotatable bonds is 4. The van der Waals surface area contributed by atoms with Crippen molar-refractivity contribution in [2.24, 2.45) is 5.92 Å². The van der Waals surface area contributed by atoms with E-state index in [0.29, 0.717) is 17.3 Å². The molecule has 0 unspecified atom stereocenters. The van der Waals surface area contributed by atoms with Crippen LogP contribution >= 0.6 is 0 Å². The fourth-order valence-electron chi connectivity index (χ4n) is 2.92. The van der Waals surface area contributed by atoms with Crippen LogP contribution in [-0.4, -0.2) is 39.0 Å². The molecule has 1 aliphatic rings. The number of carbonyl (C=O) groups is 1. The van der Waals surface area contributed by atoms with E-state index in [1.807, 2.05) is 18.2 Å². The molecule has 0 saturated heterocycles. The van der Waals surface area contributed by atoms with E-state index in [1.165, 1.54) is 0 Å². The molecular formula is C16H21N5O2. The van der Waals surface area contributed by atoms with Crippen molar-refractivity contribution in [2.45, 2.75) is 31.7 Å². The zero-order chi connectivity index (χ0) is 16.1. The number of aliphatic hydroxyl groups excluding tert-OH is 1. The van der Waals surface area contributed by atoms with Gasteiger partial charge in [0.15, 0.2) is 0 Å². The lowest BCUT2D eigenvalue weighted by atomic mass is 9.87. The summed E-state index contributed by atoms with van der Waals surface area (Å²) in [5.74, 6) is 0.376. The van der Waals surface area contributed by atoms with Crippen LogP contribution in [0.4, 0.5) is 10.5 Å². The van der Waals surface area contributed by atoms with E-state index in [0.717, 1.165) is 31.4 Å². The molecule has 0 atom stereocenters. The van der Waals surface area contributed by atoms with Crippen molar-refractivity contribution in [3.63, 3.8) is 0 Å². The molecule has 0 aliphatic heterocycles. The molecule has 0 radical (unpaired) electrons. The number of hydrogen-bond acceptors (Lipinski definition) is 4. The van der Waals surface area contributed by atoms with Gasteiger partial charge in [0.25, 0.3) is 0 Å². The van der Waals surface area contributed by atoms with E-state index in [4.69, 9.17) is 5.11 Å². The van der Waals surface area contributed by atoms with E-state index in [2.05, 4.69) is 25.8 Å². The summed E-state index contributed by atoms with van der Waals surface area (Å²) < 4.78 is 0. The molecule has 2 aromatic heterocycles. The second-order valence-corrected chi connectivity index (χ2v) is 5.87. The van der Waals surface area contributed by atoms with Gasteiger partial charge in [0, 0.05) is 18.8 Å². The van der Waals surface area contributed by atoms with E-state index in [1.54, 1.807) is 12.4 Å². The number of aromatic amines is 1. The SMILES string of the molecule is O=C(Nc1cn[nH]c1-c1ccccn1)NC1CCC(CO)CC1. The smallest absolute Gasteiger partial charge is 0.319 e. The van der Waals surface area contributed by atoms with E-state index >= 15 is 0 Å².